The fourth-order valence-electron chi connectivity index (χ4n) is 3.41. The fourth-order valence-corrected chi connectivity index (χ4v) is 3.41. The van der Waals surface area contributed by atoms with Gasteiger partial charge in [0.25, 0.3) is 6.01 Å². The number of aromatic nitrogens is 3. The van der Waals surface area contributed by atoms with Crippen molar-refractivity contribution in [2.24, 2.45) is 0 Å². The molecule has 0 atom stereocenters. The second-order valence-electron chi connectivity index (χ2n) is 7.04. The Morgan fingerprint density at radius 2 is 1.93 bits per heavy atom. The summed E-state index contributed by atoms with van der Waals surface area (Å²) >= 11 is 0. The van der Waals surface area contributed by atoms with E-state index in [4.69, 9.17) is 8.94 Å². The number of amides is 1. The van der Waals surface area contributed by atoms with E-state index in [0.29, 0.717) is 37.8 Å². The van der Waals surface area contributed by atoms with E-state index in [2.05, 4.69) is 26.9 Å². The summed E-state index contributed by atoms with van der Waals surface area (Å²) in [6.07, 6.45) is 3.68. The normalized spacial score (nSPS) is 14.8. The molecule has 1 saturated heterocycles. The Bertz CT molecular complexity index is 894. The van der Waals surface area contributed by atoms with Crippen LogP contribution in [0.25, 0.3) is 11.1 Å². The maximum Gasteiger partial charge on any atom is 0.298 e. The first-order valence-corrected chi connectivity index (χ1v) is 9.92. The van der Waals surface area contributed by atoms with Crippen LogP contribution in [0.3, 0.4) is 0 Å². The number of benzene rings is 1. The van der Waals surface area contributed by atoms with Gasteiger partial charge in [-0.1, -0.05) is 24.2 Å². The van der Waals surface area contributed by atoms with Crippen LogP contribution in [0.15, 0.2) is 33.2 Å². The molecule has 0 aliphatic carbocycles. The minimum absolute atomic E-state index is 0.172. The van der Waals surface area contributed by atoms with Crippen LogP contribution in [0, 0.1) is 0 Å². The third-order valence-electron chi connectivity index (χ3n) is 4.95. The van der Waals surface area contributed by atoms with Crippen LogP contribution in [-0.2, 0) is 17.6 Å². The average molecular weight is 383 g/mol. The lowest BCUT2D eigenvalue weighted by molar-refractivity contribution is -0.131. The molecule has 0 unspecified atom stereocenters. The smallest absolute Gasteiger partial charge is 0.298 e. The van der Waals surface area contributed by atoms with E-state index in [9.17, 15) is 4.79 Å². The lowest BCUT2D eigenvalue weighted by atomic mass is 10.2. The molecule has 4 rings (SSSR count). The Morgan fingerprint density at radius 1 is 1.11 bits per heavy atom. The quantitative estimate of drug-likeness (QED) is 0.620. The molecule has 0 spiro atoms. The third-order valence-corrected chi connectivity index (χ3v) is 4.95. The summed E-state index contributed by atoms with van der Waals surface area (Å²) < 4.78 is 11.0. The SMILES string of the molecule is CCCc1noc(CCCC(=O)N2CCN(c3nc4ccccc4o3)CC2)n1. The number of piperazine rings is 1. The fraction of sp³-hybridized carbons (Fsp3) is 0.500. The molecule has 8 heteroatoms. The van der Waals surface area contributed by atoms with Gasteiger partial charge in [0.2, 0.25) is 11.8 Å². The van der Waals surface area contributed by atoms with Gasteiger partial charge in [0.1, 0.15) is 5.52 Å². The van der Waals surface area contributed by atoms with Gasteiger partial charge in [-0.15, -0.1) is 0 Å². The summed E-state index contributed by atoms with van der Waals surface area (Å²) in [5.74, 6) is 1.54. The predicted octanol–water partition coefficient (Wildman–Crippen LogP) is 2.83. The number of hydrogen-bond acceptors (Lipinski definition) is 7. The minimum atomic E-state index is 0.172. The van der Waals surface area contributed by atoms with Crippen molar-refractivity contribution in [2.45, 2.75) is 39.0 Å². The van der Waals surface area contributed by atoms with Gasteiger partial charge in [0.15, 0.2) is 11.4 Å². The molecule has 1 aromatic carbocycles. The van der Waals surface area contributed by atoms with Crippen molar-refractivity contribution in [3.8, 4) is 0 Å². The van der Waals surface area contributed by atoms with Gasteiger partial charge in [-0.05, 0) is 25.0 Å². The van der Waals surface area contributed by atoms with Crippen molar-refractivity contribution in [3.05, 3.63) is 36.0 Å². The monoisotopic (exact) mass is 383 g/mol. The van der Waals surface area contributed by atoms with Gasteiger partial charge in [0, 0.05) is 45.4 Å². The first kappa shape index (κ1) is 18.5. The molecule has 148 valence electrons. The summed E-state index contributed by atoms with van der Waals surface area (Å²) in [6.45, 7) is 4.89. The molecular weight excluding hydrogens is 358 g/mol. The predicted molar refractivity (Wildman–Crippen MR) is 104 cm³/mol. The number of anilines is 1. The van der Waals surface area contributed by atoms with Crippen LogP contribution in [0.1, 0.15) is 37.9 Å². The van der Waals surface area contributed by atoms with Crippen LogP contribution in [0.4, 0.5) is 6.01 Å². The summed E-state index contributed by atoms with van der Waals surface area (Å²) in [4.78, 5) is 25.4. The lowest BCUT2D eigenvalue weighted by Gasteiger charge is -2.33. The zero-order chi connectivity index (χ0) is 19.3. The van der Waals surface area contributed by atoms with Gasteiger partial charge in [-0.2, -0.15) is 9.97 Å². The largest absolute Gasteiger partial charge is 0.423 e. The minimum Gasteiger partial charge on any atom is -0.423 e. The van der Waals surface area contributed by atoms with Crippen LogP contribution >= 0.6 is 0 Å². The van der Waals surface area contributed by atoms with E-state index in [1.807, 2.05) is 29.2 Å². The average Bonchev–Trinajstić information content (AvgIpc) is 3.35. The highest BCUT2D eigenvalue weighted by atomic mass is 16.5. The summed E-state index contributed by atoms with van der Waals surface area (Å²) in [6, 6.07) is 8.38. The van der Waals surface area contributed by atoms with Crippen molar-refractivity contribution in [3.63, 3.8) is 0 Å². The Morgan fingerprint density at radius 3 is 2.71 bits per heavy atom. The highest BCUT2D eigenvalue weighted by Crippen LogP contribution is 2.22. The van der Waals surface area contributed by atoms with E-state index < -0.39 is 0 Å². The molecule has 28 heavy (non-hydrogen) atoms. The second-order valence-corrected chi connectivity index (χ2v) is 7.04. The molecule has 0 N–H and O–H groups in total. The molecular formula is C20H25N5O3. The van der Waals surface area contributed by atoms with Gasteiger partial charge in [0.05, 0.1) is 0 Å². The molecule has 0 bridgehead atoms. The molecule has 1 amide bonds. The summed E-state index contributed by atoms with van der Waals surface area (Å²) in [5.41, 5.74) is 1.65. The number of rotatable bonds is 7. The molecule has 3 aromatic rings. The summed E-state index contributed by atoms with van der Waals surface area (Å²) in [7, 11) is 0. The number of nitrogens with zero attached hydrogens (tertiary/aromatic N) is 5. The number of para-hydroxylation sites is 2. The van der Waals surface area contributed by atoms with E-state index in [1.54, 1.807) is 0 Å². The molecule has 0 saturated carbocycles. The van der Waals surface area contributed by atoms with Crippen molar-refractivity contribution >= 4 is 23.0 Å². The molecule has 3 heterocycles. The lowest BCUT2D eigenvalue weighted by Crippen LogP contribution is -2.48. The number of carbonyl (C=O) groups excluding carboxylic acids is 1. The Kier molecular flexibility index (Phi) is 5.55. The number of oxazole rings is 1. The van der Waals surface area contributed by atoms with Gasteiger partial charge in [-0.25, -0.2) is 0 Å². The molecule has 1 aliphatic heterocycles. The number of fused-ring (bicyclic) bond motifs is 1. The summed E-state index contributed by atoms with van der Waals surface area (Å²) in [5, 5.41) is 3.94. The number of carbonyl (C=O) groups is 1. The van der Waals surface area contributed by atoms with Crippen molar-refractivity contribution in [1.82, 2.24) is 20.0 Å². The standard InChI is InChI=1S/C20H25N5O3/c1-2-6-17-22-18(28-23-17)9-5-10-19(26)24-11-13-25(14-12-24)20-21-15-7-3-4-8-16(15)27-20/h3-4,7-8H,2,5-6,9-14H2,1H3. The van der Waals surface area contributed by atoms with E-state index in [-0.39, 0.29) is 5.91 Å². The van der Waals surface area contributed by atoms with Crippen LogP contribution < -0.4 is 4.90 Å². The maximum atomic E-state index is 12.5. The van der Waals surface area contributed by atoms with Crippen LogP contribution in [0.2, 0.25) is 0 Å². The van der Waals surface area contributed by atoms with E-state index in [0.717, 1.165) is 49.3 Å². The van der Waals surface area contributed by atoms with Crippen molar-refractivity contribution in [2.75, 3.05) is 31.1 Å². The Hall–Kier alpha value is -2.90. The first-order chi connectivity index (χ1) is 13.7. The molecule has 0 radical (unpaired) electrons. The zero-order valence-corrected chi connectivity index (χ0v) is 16.1. The molecule has 2 aromatic heterocycles. The van der Waals surface area contributed by atoms with Gasteiger partial charge in [-0.3, -0.25) is 4.79 Å². The molecule has 8 nitrogen and oxygen atoms in total. The first-order valence-electron chi connectivity index (χ1n) is 9.92. The van der Waals surface area contributed by atoms with Crippen molar-refractivity contribution in [1.29, 1.82) is 0 Å². The number of hydrogen-bond donors (Lipinski definition) is 0. The Labute approximate surface area is 163 Å². The highest BCUT2D eigenvalue weighted by molar-refractivity contribution is 5.77. The highest BCUT2D eigenvalue weighted by Gasteiger charge is 2.23. The second kappa shape index (κ2) is 8.41. The topological polar surface area (TPSA) is 88.5 Å². The Balaban J connectivity index is 1.23. The zero-order valence-electron chi connectivity index (χ0n) is 16.1. The van der Waals surface area contributed by atoms with E-state index >= 15 is 0 Å². The third kappa shape index (κ3) is 4.16. The van der Waals surface area contributed by atoms with Gasteiger partial charge < -0.3 is 18.7 Å². The maximum absolute atomic E-state index is 12.5. The van der Waals surface area contributed by atoms with Gasteiger partial charge >= 0.3 is 0 Å². The van der Waals surface area contributed by atoms with Crippen molar-refractivity contribution < 1.29 is 13.7 Å². The molecule has 1 fully saturated rings. The van der Waals surface area contributed by atoms with Crippen LogP contribution in [-0.4, -0.2) is 52.1 Å². The van der Waals surface area contributed by atoms with Crippen LogP contribution in [0.5, 0.6) is 0 Å². The van der Waals surface area contributed by atoms with E-state index in [1.165, 1.54) is 0 Å². The number of aryl methyl sites for hydroxylation is 2. The molecule has 1 aliphatic rings.